The lowest BCUT2D eigenvalue weighted by atomic mass is 9.94. The number of nitrogens with one attached hydrogen (secondary N) is 4. The van der Waals surface area contributed by atoms with Crippen molar-refractivity contribution < 1.29 is 14.0 Å². The predicted octanol–water partition coefficient (Wildman–Crippen LogP) is 2.50. The molecule has 4 N–H and O–H groups in total. The second kappa shape index (κ2) is 8.95. The zero-order valence-electron chi connectivity index (χ0n) is 16.0. The van der Waals surface area contributed by atoms with Crippen molar-refractivity contribution in [1.82, 2.24) is 16.2 Å². The number of halogens is 1. The monoisotopic (exact) mass is 384 g/mol. The van der Waals surface area contributed by atoms with Gasteiger partial charge in [0, 0.05) is 24.7 Å². The van der Waals surface area contributed by atoms with Gasteiger partial charge >= 0.3 is 0 Å². The van der Waals surface area contributed by atoms with Gasteiger partial charge in [-0.3, -0.25) is 15.0 Å². The number of hydrogen-bond acceptors (Lipinski definition) is 4. The molecule has 0 spiro atoms. The van der Waals surface area contributed by atoms with Crippen LogP contribution in [0.5, 0.6) is 0 Å². The maximum Gasteiger partial charge on any atom is 0.226 e. The molecule has 0 radical (unpaired) electrons. The molecule has 1 heterocycles. The summed E-state index contributed by atoms with van der Waals surface area (Å²) in [5.41, 5.74) is 8.61. The van der Waals surface area contributed by atoms with Gasteiger partial charge in [0.2, 0.25) is 11.8 Å². The third-order valence-electron chi connectivity index (χ3n) is 4.76. The minimum absolute atomic E-state index is 0.0332. The van der Waals surface area contributed by atoms with Crippen LogP contribution in [0.15, 0.2) is 48.5 Å². The van der Waals surface area contributed by atoms with E-state index >= 15 is 0 Å². The second-order valence-corrected chi connectivity index (χ2v) is 7.22. The molecule has 6 nitrogen and oxygen atoms in total. The van der Waals surface area contributed by atoms with Crippen molar-refractivity contribution in [1.29, 1.82) is 0 Å². The normalized spacial score (nSPS) is 18.9. The van der Waals surface area contributed by atoms with E-state index in [1.54, 1.807) is 12.1 Å². The van der Waals surface area contributed by atoms with Crippen LogP contribution in [0, 0.1) is 17.7 Å². The van der Waals surface area contributed by atoms with Crippen LogP contribution < -0.4 is 21.5 Å². The van der Waals surface area contributed by atoms with Crippen molar-refractivity contribution in [3.8, 4) is 0 Å². The molecule has 1 saturated heterocycles. The lowest BCUT2D eigenvalue weighted by molar-refractivity contribution is -0.125. The van der Waals surface area contributed by atoms with Crippen LogP contribution in [0.2, 0.25) is 0 Å². The molecule has 3 rings (SSSR count). The van der Waals surface area contributed by atoms with Crippen LogP contribution in [0.1, 0.15) is 31.0 Å². The second-order valence-electron chi connectivity index (χ2n) is 7.22. The molecule has 2 atom stereocenters. The van der Waals surface area contributed by atoms with Crippen LogP contribution >= 0.6 is 0 Å². The summed E-state index contributed by atoms with van der Waals surface area (Å²) in [6.45, 7) is 4.56. The summed E-state index contributed by atoms with van der Waals surface area (Å²) in [6.07, 6.45) is 0. The lowest BCUT2D eigenvalue weighted by Gasteiger charge is -2.18. The number of rotatable bonds is 6. The van der Waals surface area contributed by atoms with E-state index < -0.39 is 0 Å². The highest BCUT2D eigenvalue weighted by Gasteiger charge is 2.33. The Labute approximate surface area is 163 Å². The molecule has 0 saturated carbocycles. The average Bonchev–Trinajstić information content (AvgIpc) is 3.17. The highest BCUT2D eigenvalue weighted by molar-refractivity contribution is 5.92. The van der Waals surface area contributed by atoms with E-state index in [9.17, 15) is 14.0 Å². The van der Waals surface area contributed by atoms with Crippen LogP contribution in [0.3, 0.4) is 0 Å². The van der Waals surface area contributed by atoms with Gasteiger partial charge in [0.1, 0.15) is 5.82 Å². The summed E-state index contributed by atoms with van der Waals surface area (Å²) in [6, 6.07) is 13.3. The largest absolute Gasteiger partial charge is 0.352 e. The third-order valence-corrected chi connectivity index (χ3v) is 4.76. The highest BCUT2D eigenvalue weighted by atomic mass is 19.1. The van der Waals surface area contributed by atoms with Crippen molar-refractivity contribution in [3.05, 3.63) is 65.5 Å². The summed E-state index contributed by atoms with van der Waals surface area (Å²) in [5, 5.41) is 5.79. The van der Waals surface area contributed by atoms with Crippen LogP contribution in [0.25, 0.3) is 0 Å². The molecule has 7 heteroatoms. The molecule has 0 aromatic heterocycles. The maximum absolute atomic E-state index is 13.1. The van der Waals surface area contributed by atoms with Gasteiger partial charge in [-0.25, -0.2) is 9.82 Å². The van der Waals surface area contributed by atoms with Gasteiger partial charge in [0.15, 0.2) is 0 Å². The topological polar surface area (TPSA) is 82.3 Å². The number of anilines is 1. The molecule has 1 aliphatic heterocycles. The van der Waals surface area contributed by atoms with Gasteiger partial charge in [-0.15, -0.1) is 0 Å². The minimum Gasteiger partial charge on any atom is -0.352 e. The van der Waals surface area contributed by atoms with Crippen molar-refractivity contribution in [3.63, 3.8) is 0 Å². The summed E-state index contributed by atoms with van der Waals surface area (Å²) in [5.74, 6) is -0.793. The SMILES string of the molecule is CC(C)C(=O)Nc1ccc(CNC(=O)C2CNNC2c2ccc(F)cc2)cc1. The molecule has 0 aliphatic carbocycles. The first-order chi connectivity index (χ1) is 13.4. The van der Waals surface area contributed by atoms with Gasteiger partial charge < -0.3 is 10.6 Å². The number of benzene rings is 2. The molecular formula is C21H25FN4O2. The Morgan fingerprint density at radius 3 is 2.43 bits per heavy atom. The molecule has 148 valence electrons. The zero-order chi connectivity index (χ0) is 20.1. The van der Waals surface area contributed by atoms with Crippen molar-refractivity contribution in [2.24, 2.45) is 11.8 Å². The quantitative estimate of drug-likeness (QED) is 0.617. The fourth-order valence-electron chi connectivity index (χ4n) is 3.04. The Hall–Kier alpha value is -2.77. The van der Waals surface area contributed by atoms with Gasteiger partial charge in [-0.2, -0.15) is 0 Å². The summed E-state index contributed by atoms with van der Waals surface area (Å²) in [4.78, 5) is 24.4. The Morgan fingerprint density at radius 2 is 1.79 bits per heavy atom. The molecule has 1 aliphatic rings. The summed E-state index contributed by atoms with van der Waals surface area (Å²) in [7, 11) is 0. The van der Waals surface area contributed by atoms with Gasteiger partial charge in [-0.05, 0) is 35.4 Å². The minimum atomic E-state index is -0.302. The van der Waals surface area contributed by atoms with Crippen LogP contribution in [0.4, 0.5) is 10.1 Å². The van der Waals surface area contributed by atoms with E-state index in [1.807, 2.05) is 38.1 Å². The molecule has 2 aromatic rings. The molecular weight excluding hydrogens is 359 g/mol. The number of amides is 2. The number of hydrazine groups is 1. The van der Waals surface area contributed by atoms with E-state index in [2.05, 4.69) is 21.5 Å². The van der Waals surface area contributed by atoms with Gasteiger partial charge in [0.25, 0.3) is 0 Å². The Morgan fingerprint density at radius 1 is 1.11 bits per heavy atom. The van der Waals surface area contributed by atoms with E-state index in [0.29, 0.717) is 13.1 Å². The fourth-order valence-corrected chi connectivity index (χ4v) is 3.04. The van der Waals surface area contributed by atoms with Crippen molar-refractivity contribution in [2.75, 3.05) is 11.9 Å². The van der Waals surface area contributed by atoms with Gasteiger partial charge in [-0.1, -0.05) is 38.1 Å². The number of carbonyl (C=O) groups is 2. The number of hydrogen-bond donors (Lipinski definition) is 4. The summed E-state index contributed by atoms with van der Waals surface area (Å²) < 4.78 is 13.1. The number of carbonyl (C=O) groups excluding carboxylic acids is 2. The summed E-state index contributed by atoms with van der Waals surface area (Å²) >= 11 is 0. The van der Waals surface area contributed by atoms with Crippen molar-refractivity contribution in [2.45, 2.75) is 26.4 Å². The molecule has 2 amide bonds. The highest BCUT2D eigenvalue weighted by Crippen LogP contribution is 2.25. The van der Waals surface area contributed by atoms with Crippen LogP contribution in [-0.2, 0) is 16.1 Å². The first kappa shape index (κ1) is 20.0. The Bertz CT molecular complexity index is 821. The van der Waals surface area contributed by atoms with Gasteiger partial charge in [0.05, 0.1) is 12.0 Å². The molecule has 0 bridgehead atoms. The maximum atomic E-state index is 13.1. The first-order valence-corrected chi connectivity index (χ1v) is 9.35. The Kier molecular flexibility index (Phi) is 6.38. The molecule has 1 fully saturated rings. The molecule has 2 unspecified atom stereocenters. The standard InChI is InChI=1S/C21H25FN4O2/c1-13(2)20(27)25-17-9-3-14(4-10-17)11-23-21(28)18-12-24-26-19(18)15-5-7-16(22)8-6-15/h3-10,13,18-19,24,26H,11-12H2,1-2H3,(H,23,28)(H,25,27). The third kappa shape index (κ3) is 4.94. The van der Waals surface area contributed by atoms with Crippen LogP contribution in [-0.4, -0.2) is 18.4 Å². The molecule has 2 aromatic carbocycles. The Balaban J connectivity index is 1.56. The van der Waals surface area contributed by atoms with E-state index in [4.69, 9.17) is 0 Å². The molecule has 28 heavy (non-hydrogen) atoms. The fraction of sp³-hybridized carbons (Fsp3) is 0.333. The lowest BCUT2D eigenvalue weighted by Crippen LogP contribution is -2.34. The van der Waals surface area contributed by atoms with E-state index in [0.717, 1.165) is 16.8 Å². The zero-order valence-corrected chi connectivity index (χ0v) is 16.0. The van der Waals surface area contributed by atoms with Crippen molar-refractivity contribution >= 4 is 17.5 Å². The predicted molar refractivity (Wildman–Crippen MR) is 106 cm³/mol. The van der Waals surface area contributed by atoms with E-state index in [-0.39, 0.29) is 35.5 Å². The van der Waals surface area contributed by atoms with E-state index in [1.165, 1.54) is 12.1 Å². The smallest absolute Gasteiger partial charge is 0.226 e. The average molecular weight is 384 g/mol. The first-order valence-electron chi connectivity index (χ1n) is 9.35.